The van der Waals surface area contributed by atoms with E-state index in [1.807, 2.05) is 23.9 Å². The van der Waals surface area contributed by atoms with Gasteiger partial charge in [-0.25, -0.2) is 0 Å². The molecular weight excluding hydrogens is 507 g/mol. The highest BCUT2D eigenvalue weighted by atomic mass is 127. The first kappa shape index (κ1) is 25.1. The van der Waals surface area contributed by atoms with Gasteiger partial charge in [-0.05, 0) is 43.7 Å². The van der Waals surface area contributed by atoms with Gasteiger partial charge in [0.05, 0.1) is 12.8 Å². The Balaban J connectivity index is 0.00000320. The molecule has 1 aromatic heterocycles. The predicted octanol–water partition coefficient (Wildman–Crippen LogP) is 4.39. The third-order valence-electron chi connectivity index (χ3n) is 5.39. The molecule has 30 heavy (non-hydrogen) atoms. The number of hydrogen-bond acceptors (Lipinski definition) is 4. The molecule has 2 aromatic rings. The van der Waals surface area contributed by atoms with Gasteiger partial charge in [-0.2, -0.15) is 11.8 Å². The first-order valence-electron chi connectivity index (χ1n) is 10.6. The van der Waals surface area contributed by atoms with Crippen LogP contribution in [0.15, 0.2) is 58.1 Å². The average Bonchev–Trinajstić information content (AvgIpc) is 3.24. The number of nitrogens with zero attached hydrogens (tertiary/aromatic N) is 2. The molecule has 0 saturated carbocycles. The van der Waals surface area contributed by atoms with Crippen molar-refractivity contribution >= 4 is 41.7 Å². The zero-order valence-electron chi connectivity index (χ0n) is 18.0. The van der Waals surface area contributed by atoms with Crippen molar-refractivity contribution < 1.29 is 4.42 Å². The van der Waals surface area contributed by atoms with Crippen LogP contribution in [0.1, 0.15) is 31.1 Å². The van der Waals surface area contributed by atoms with Crippen LogP contribution < -0.4 is 10.6 Å². The number of benzene rings is 1. The molecule has 2 atom stereocenters. The Morgan fingerprint density at radius 3 is 2.77 bits per heavy atom. The number of furan rings is 1. The van der Waals surface area contributed by atoms with E-state index >= 15 is 0 Å². The third-order valence-corrected chi connectivity index (χ3v) is 5.98. The molecule has 1 aliphatic rings. The fourth-order valence-electron chi connectivity index (χ4n) is 3.76. The van der Waals surface area contributed by atoms with Gasteiger partial charge >= 0.3 is 0 Å². The predicted molar refractivity (Wildman–Crippen MR) is 139 cm³/mol. The second-order valence-electron chi connectivity index (χ2n) is 7.65. The molecule has 1 saturated heterocycles. The summed E-state index contributed by atoms with van der Waals surface area (Å²) in [6, 6.07) is 15.7. The van der Waals surface area contributed by atoms with Crippen LogP contribution in [0.25, 0.3) is 0 Å². The monoisotopic (exact) mass is 542 g/mol. The number of hydrogen-bond donors (Lipinski definition) is 2. The van der Waals surface area contributed by atoms with Crippen LogP contribution in [-0.2, 0) is 13.0 Å². The van der Waals surface area contributed by atoms with Gasteiger partial charge < -0.3 is 15.1 Å². The van der Waals surface area contributed by atoms with E-state index in [2.05, 4.69) is 59.0 Å². The van der Waals surface area contributed by atoms with Gasteiger partial charge in [-0.15, -0.1) is 24.0 Å². The zero-order valence-corrected chi connectivity index (χ0v) is 21.2. The minimum Gasteiger partial charge on any atom is -0.469 e. The van der Waals surface area contributed by atoms with E-state index in [9.17, 15) is 0 Å². The fraction of sp³-hybridized carbons (Fsp3) is 0.522. The Kier molecular flexibility index (Phi) is 11.7. The van der Waals surface area contributed by atoms with Gasteiger partial charge in [0.2, 0.25) is 0 Å². The van der Waals surface area contributed by atoms with Crippen molar-refractivity contribution in [3.8, 4) is 0 Å². The molecule has 2 unspecified atom stereocenters. The molecule has 1 aliphatic heterocycles. The number of guanidine groups is 1. The van der Waals surface area contributed by atoms with E-state index in [1.54, 1.807) is 6.26 Å². The van der Waals surface area contributed by atoms with E-state index < -0.39 is 0 Å². The summed E-state index contributed by atoms with van der Waals surface area (Å²) in [6.07, 6.45) is 6.98. The molecule has 2 N–H and O–H groups in total. The Bertz CT molecular complexity index is 726. The van der Waals surface area contributed by atoms with Crippen LogP contribution in [0.3, 0.4) is 0 Å². The van der Waals surface area contributed by atoms with Gasteiger partial charge in [-0.3, -0.25) is 9.89 Å². The highest BCUT2D eigenvalue weighted by Crippen LogP contribution is 2.20. The van der Waals surface area contributed by atoms with E-state index in [0.29, 0.717) is 12.1 Å². The van der Waals surface area contributed by atoms with Crippen molar-refractivity contribution in [3.63, 3.8) is 0 Å². The number of likely N-dealkylation sites (tertiary alicyclic amines) is 1. The molecule has 0 amide bonds. The van der Waals surface area contributed by atoms with Crippen LogP contribution in [0, 0.1) is 0 Å². The molecule has 166 valence electrons. The molecule has 1 fully saturated rings. The quantitative estimate of drug-likeness (QED) is 0.213. The van der Waals surface area contributed by atoms with Crippen LogP contribution in [0.4, 0.5) is 0 Å². The van der Waals surface area contributed by atoms with E-state index in [0.717, 1.165) is 62.9 Å². The van der Waals surface area contributed by atoms with Gasteiger partial charge in [0.15, 0.2) is 5.96 Å². The maximum absolute atomic E-state index is 5.43. The molecule has 1 aromatic carbocycles. The maximum atomic E-state index is 5.43. The van der Waals surface area contributed by atoms with Crippen molar-refractivity contribution in [2.75, 3.05) is 31.6 Å². The number of nitrogens with one attached hydrogen (secondary N) is 2. The van der Waals surface area contributed by atoms with E-state index in [-0.39, 0.29) is 24.0 Å². The first-order chi connectivity index (χ1) is 14.2. The van der Waals surface area contributed by atoms with Crippen LogP contribution in [-0.4, -0.2) is 54.6 Å². The third kappa shape index (κ3) is 8.51. The van der Waals surface area contributed by atoms with Crippen LogP contribution >= 0.6 is 35.7 Å². The molecule has 0 radical (unpaired) electrons. The molecule has 0 aliphatic carbocycles. The van der Waals surface area contributed by atoms with Crippen molar-refractivity contribution in [1.82, 2.24) is 15.5 Å². The summed E-state index contributed by atoms with van der Waals surface area (Å²) in [5, 5.41) is 7.17. The Morgan fingerprint density at radius 1 is 1.23 bits per heavy atom. The largest absolute Gasteiger partial charge is 0.469 e. The zero-order chi connectivity index (χ0) is 20.3. The van der Waals surface area contributed by atoms with Crippen molar-refractivity contribution in [2.24, 2.45) is 4.99 Å². The SMILES string of the molecule is CSCCN=C(NCCc1ccco1)NC1CCN(Cc2ccccc2)C(C)C1.I. The summed E-state index contributed by atoms with van der Waals surface area (Å²) >= 11 is 1.83. The summed E-state index contributed by atoms with van der Waals surface area (Å²) in [5.41, 5.74) is 1.39. The molecular formula is C23H35IN4OS. The van der Waals surface area contributed by atoms with Crippen molar-refractivity contribution in [3.05, 3.63) is 60.1 Å². The van der Waals surface area contributed by atoms with Crippen molar-refractivity contribution in [1.29, 1.82) is 0 Å². The normalized spacial score (nSPS) is 19.9. The van der Waals surface area contributed by atoms with E-state index in [1.165, 1.54) is 5.56 Å². The molecule has 3 rings (SSSR count). The molecule has 0 spiro atoms. The highest BCUT2D eigenvalue weighted by molar-refractivity contribution is 14.0. The number of rotatable bonds is 9. The number of piperidine rings is 1. The Hall–Kier alpha value is -1.19. The minimum atomic E-state index is 0. The summed E-state index contributed by atoms with van der Waals surface area (Å²) in [5.74, 6) is 2.97. The summed E-state index contributed by atoms with van der Waals surface area (Å²) in [7, 11) is 0. The summed E-state index contributed by atoms with van der Waals surface area (Å²) in [4.78, 5) is 7.35. The molecule has 5 nitrogen and oxygen atoms in total. The lowest BCUT2D eigenvalue weighted by Crippen LogP contribution is -2.51. The van der Waals surface area contributed by atoms with Gasteiger partial charge in [0.1, 0.15) is 5.76 Å². The Labute approximate surface area is 202 Å². The van der Waals surface area contributed by atoms with Gasteiger partial charge in [-0.1, -0.05) is 30.3 Å². The fourth-order valence-corrected chi connectivity index (χ4v) is 4.03. The number of halogens is 1. The number of aliphatic imine (C=N–C) groups is 1. The summed E-state index contributed by atoms with van der Waals surface area (Å²) < 4.78 is 5.43. The molecule has 7 heteroatoms. The molecule has 2 heterocycles. The first-order valence-corrected chi connectivity index (χ1v) is 12.0. The Morgan fingerprint density at radius 2 is 2.07 bits per heavy atom. The maximum Gasteiger partial charge on any atom is 0.191 e. The van der Waals surface area contributed by atoms with Gasteiger partial charge in [0.25, 0.3) is 0 Å². The standard InChI is InChI=1S/C23H34N4OS.HI/c1-19-17-21(11-14-27(19)18-20-7-4-3-5-8-20)26-23(25-13-16-29-2)24-12-10-22-9-6-15-28-22;/h3-9,15,19,21H,10-14,16-18H2,1-2H3,(H2,24,25,26);1H. The summed E-state index contributed by atoms with van der Waals surface area (Å²) in [6.45, 7) is 6.13. The van der Waals surface area contributed by atoms with E-state index in [4.69, 9.17) is 9.41 Å². The van der Waals surface area contributed by atoms with Crippen LogP contribution in [0.5, 0.6) is 0 Å². The average molecular weight is 543 g/mol. The minimum absolute atomic E-state index is 0. The lowest BCUT2D eigenvalue weighted by atomic mass is 9.97. The van der Waals surface area contributed by atoms with Crippen molar-refractivity contribution in [2.45, 2.75) is 44.8 Å². The lowest BCUT2D eigenvalue weighted by Gasteiger charge is -2.38. The van der Waals surface area contributed by atoms with Gasteiger partial charge in [0, 0.05) is 43.9 Å². The lowest BCUT2D eigenvalue weighted by molar-refractivity contribution is 0.134. The van der Waals surface area contributed by atoms with Crippen LogP contribution in [0.2, 0.25) is 0 Å². The second-order valence-corrected chi connectivity index (χ2v) is 8.64. The second kappa shape index (κ2) is 14.0. The smallest absolute Gasteiger partial charge is 0.191 e. The highest BCUT2D eigenvalue weighted by Gasteiger charge is 2.26. The molecule has 0 bridgehead atoms. The topological polar surface area (TPSA) is 52.8 Å². The number of thioether (sulfide) groups is 1.